The highest BCUT2D eigenvalue weighted by Gasteiger charge is 2.16. The number of anilines is 2. The summed E-state index contributed by atoms with van der Waals surface area (Å²) < 4.78 is 10.6. The Morgan fingerprint density at radius 3 is 2.03 bits per heavy atom. The van der Waals surface area contributed by atoms with E-state index < -0.39 is 0 Å². The molecule has 0 heterocycles. The van der Waals surface area contributed by atoms with Crippen LogP contribution >= 0.6 is 0 Å². The van der Waals surface area contributed by atoms with E-state index in [0.717, 1.165) is 11.1 Å². The summed E-state index contributed by atoms with van der Waals surface area (Å²) in [5, 5.41) is 5.78. The molecular weight excluding hydrogens is 416 g/mol. The Hall–Kier alpha value is -3.80. The number of ether oxygens (including phenoxy) is 2. The second-order valence-corrected chi connectivity index (χ2v) is 8.73. The number of carbonyl (C=O) groups is 2. The maximum atomic E-state index is 12.8. The lowest BCUT2D eigenvalue weighted by Gasteiger charge is -2.19. The monoisotopic (exact) mass is 446 g/mol. The molecule has 0 aliphatic heterocycles. The predicted octanol–water partition coefficient (Wildman–Crippen LogP) is 5.43. The van der Waals surface area contributed by atoms with Gasteiger partial charge < -0.3 is 20.1 Å². The lowest BCUT2D eigenvalue weighted by Crippen LogP contribution is -2.18. The molecule has 3 aromatic rings. The minimum atomic E-state index is -0.242. The molecule has 6 nitrogen and oxygen atoms in total. The van der Waals surface area contributed by atoms with Crippen molar-refractivity contribution in [2.24, 2.45) is 0 Å². The normalized spacial score (nSPS) is 10.9. The van der Waals surface area contributed by atoms with E-state index >= 15 is 0 Å². The van der Waals surface area contributed by atoms with E-state index in [1.54, 1.807) is 56.7 Å². The first kappa shape index (κ1) is 23.9. The predicted molar refractivity (Wildman–Crippen MR) is 131 cm³/mol. The molecule has 172 valence electrons. The van der Waals surface area contributed by atoms with Crippen molar-refractivity contribution >= 4 is 23.2 Å². The molecule has 6 heteroatoms. The highest BCUT2D eigenvalue weighted by atomic mass is 16.5. The number of hydrogen-bond donors (Lipinski definition) is 2. The third kappa shape index (κ3) is 6.13. The zero-order valence-corrected chi connectivity index (χ0v) is 19.7. The van der Waals surface area contributed by atoms with Gasteiger partial charge in [-0.2, -0.15) is 0 Å². The SMILES string of the molecule is COc1ccc(CC(=O)Nc2ccccc2NC(=O)c2ccc(C(C)(C)C)cc2)c(OC)c1. The smallest absolute Gasteiger partial charge is 0.255 e. The van der Waals surface area contributed by atoms with Gasteiger partial charge in [0.25, 0.3) is 5.91 Å². The first-order valence-electron chi connectivity index (χ1n) is 10.7. The summed E-state index contributed by atoms with van der Waals surface area (Å²) in [6.45, 7) is 6.38. The van der Waals surface area contributed by atoms with E-state index in [9.17, 15) is 9.59 Å². The number of benzene rings is 3. The first-order chi connectivity index (χ1) is 15.7. The van der Waals surface area contributed by atoms with E-state index in [4.69, 9.17) is 9.47 Å². The van der Waals surface area contributed by atoms with Crippen LogP contribution in [0.2, 0.25) is 0 Å². The summed E-state index contributed by atoms with van der Waals surface area (Å²) in [5.74, 6) is 0.757. The van der Waals surface area contributed by atoms with Crippen molar-refractivity contribution in [3.05, 3.63) is 83.4 Å². The lowest BCUT2D eigenvalue weighted by molar-refractivity contribution is -0.115. The van der Waals surface area contributed by atoms with Crippen molar-refractivity contribution in [2.75, 3.05) is 24.9 Å². The van der Waals surface area contributed by atoms with Gasteiger partial charge in [0.1, 0.15) is 11.5 Å². The van der Waals surface area contributed by atoms with Crippen molar-refractivity contribution < 1.29 is 19.1 Å². The van der Waals surface area contributed by atoms with Crippen LogP contribution in [0.5, 0.6) is 11.5 Å². The third-order valence-corrected chi connectivity index (χ3v) is 5.31. The topological polar surface area (TPSA) is 76.7 Å². The minimum Gasteiger partial charge on any atom is -0.497 e. The first-order valence-corrected chi connectivity index (χ1v) is 10.7. The number of methoxy groups -OCH3 is 2. The van der Waals surface area contributed by atoms with Gasteiger partial charge in [0, 0.05) is 17.2 Å². The molecule has 0 aliphatic rings. The third-order valence-electron chi connectivity index (χ3n) is 5.31. The molecule has 0 bridgehead atoms. The van der Waals surface area contributed by atoms with Crippen LogP contribution in [-0.4, -0.2) is 26.0 Å². The summed E-state index contributed by atoms with van der Waals surface area (Å²) >= 11 is 0. The molecule has 0 radical (unpaired) electrons. The van der Waals surface area contributed by atoms with Gasteiger partial charge >= 0.3 is 0 Å². The van der Waals surface area contributed by atoms with Crippen LogP contribution < -0.4 is 20.1 Å². The van der Waals surface area contributed by atoms with Crippen molar-refractivity contribution in [1.82, 2.24) is 0 Å². The zero-order chi connectivity index (χ0) is 24.0. The fourth-order valence-electron chi connectivity index (χ4n) is 3.38. The molecular formula is C27H30N2O4. The van der Waals surface area contributed by atoms with Crippen LogP contribution in [0, 0.1) is 0 Å². The van der Waals surface area contributed by atoms with E-state index in [2.05, 4.69) is 31.4 Å². The van der Waals surface area contributed by atoms with Gasteiger partial charge in [-0.05, 0) is 41.3 Å². The molecule has 0 saturated heterocycles. The molecule has 0 spiro atoms. The summed E-state index contributed by atoms with van der Waals surface area (Å²) in [4.78, 5) is 25.5. The Balaban J connectivity index is 1.71. The average molecular weight is 447 g/mol. The summed E-state index contributed by atoms with van der Waals surface area (Å²) in [6.07, 6.45) is 0.115. The van der Waals surface area contributed by atoms with Crippen molar-refractivity contribution in [1.29, 1.82) is 0 Å². The van der Waals surface area contributed by atoms with Gasteiger partial charge in [-0.25, -0.2) is 0 Å². The minimum absolute atomic E-state index is 0.0124. The second-order valence-electron chi connectivity index (χ2n) is 8.73. The average Bonchev–Trinajstić information content (AvgIpc) is 2.80. The van der Waals surface area contributed by atoms with Gasteiger partial charge in [-0.1, -0.05) is 51.1 Å². The van der Waals surface area contributed by atoms with Crippen LogP contribution in [0.15, 0.2) is 66.7 Å². The number of nitrogens with one attached hydrogen (secondary N) is 2. The summed E-state index contributed by atoms with van der Waals surface area (Å²) in [6, 6.07) is 20.0. The molecule has 2 N–H and O–H groups in total. The van der Waals surface area contributed by atoms with Crippen molar-refractivity contribution in [3.63, 3.8) is 0 Å². The van der Waals surface area contributed by atoms with Crippen molar-refractivity contribution in [3.8, 4) is 11.5 Å². The molecule has 0 unspecified atom stereocenters. The lowest BCUT2D eigenvalue weighted by atomic mass is 9.87. The molecule has 3 rings (SSSR count). The molecule has 0 aliphatic carbocycles. The van der Waals surface area contributed by atoms with Crippen LogP contribution in [0.25, 0.3) is 0 Å². The highest BCUT2D eigenvalue weighted by molar-refractivity contribution is 6.07. The molecule has 0 aromatic heterocycles. The molecule has 33 heavy (non-hydrogen) atoms. The maximum absolute atomic E-state index is 12.8. The second kappa shape index (κ2) is 10.2. The number of rotatable bonds is 7. The maximum Gasteiger partial charge on any atom is 0.255 e. The van der Waals surface area contributed by atoms with E-state index in [0.29, 0.717) is 28.4 Å². The molecule has 2 amide bonds. The fourth-order valence-corrected chi connectivity index (χ4v) is 3.38. The highest BCUT2D eigenvalue weighted by Crippen LogP contribution is 2.27. The molecule has 0 atom stereocenters. The van der Waals surface area contributed by atoms with Crippen LogP contribution in [0.4, 0.5) is 11.4 Å². The number of para-hydroxylation sites is 2. The fraction of sp³-hybridized carbons (Fsp3) is 0.259. The van der Waals surface area contributed by atoms with Crippen LogP contribution in [0.1, 0.15) is 42.3 Å². The van der Waals surface area contributed by atoms with Gasteiger partial charge in [-0.15, -0.1) is 0 Å². The Morgan fingerprint density at radius 2 is 1.45 bits per heavy atom. The Morgan fingerprint density at radius 1 is 0.818 bits per heavy atom. The number of carbonyl (C=O) groups excluding carboxylic acids is 2. The van der Waals surface area contributed by atoms with E-state index in [-0.39, 0.29) is 23.7 Å². The number of amides is 2. The van der Waals surface area contributed by atoms with Crippen LogP contribution in [0.3, 0.4) is 0 Å². The molecule has 0 saturated carbocycles. The van der Waals surface area contributed by atoms with Gasteiger partial charge in [0.2, 0.25) is 5.91 Å². The Labute approximate surface area is 194 Å². The van der Waals surface area contributed by atoms with Crippen molar-refractivity contribution in [2.45, 2.75) is 32.6 Å². The Kier molecular flexibility index (Phi) is 7.38. The van der Waals surface area contributed by atoms with Gasteiger partial charge in [0.05, 0.1) is 32.0 Å². The van der Waals surface area contributed by atoms with E-state index in [1.165, 1.54) is 0 Å². The standard InChI is InChI=1S/C27H30N2O4/c1-27(2,3)20-13-10-18(11-14-20)26(31)29-23-9-7-6-8-22(23)28-25(30)16-19-12-15-21(32-4)17-24(19)33-5/h6-15,17H,16H2,1-5H3,(H,28,30)(H,29,31). The van der Waals surface area contributed by atoms with E-state index in [1.807, 2.05) is 24.3 Å². The largest absolute Gasteiger partial charge is 0.497 e. The molecule has 3 aromatic carbocycles. The zero-order valence-electron chi connectivity index (χ0n) is 19.7. The Bertz CT molecular complexity index is 1130. The summed E-state index contributed by atoms with van der Waals surface area (Å²) in [5.41, 5.74) is 3.49. The quantitative estimate of drug-likeness (QED) is 0.507. The van der Waals surface area contributed by atoms with Gasteiger partial charge in [0.15, 0.2) is 0 Å². The molecule has 0 fully saturated rings. The number of hydrogen-bond acceptors (Lipinski definition) is 4. The van der Waals surface area contributed by atoms with Gasteiger partial charge in [-0.3, -0.25) is 9.59 Å². The van der Waals surface area contributed by atoms with Crippen LogP contribution in [-0.2, 0) is 16.6 Å². The summed E-state index contributed by atoms with van der Waals surface area (Å²) in [7, 11) is 3.13.